The maximum Gasteiger partial charge on any atom is 0.134 e. The fourth-order valence-electron chi connectivity index (χ4n) is 1.42. The summed E-state index contributed by atoms with van der Waals surface area (Å²) in [5.74, 6) is 0.533. The van der Waals surface area contributed by atoms with E-state index >= 15 is 0 Å². The molecule has 17 heavy (non-hydrogen) atoms. The molecule has 1 aromatic carbocycles. The van der Waals surface area contributed by atoms with Crippen LogP contribution >= 0.6 is 27.5 Å². The standard InChI is InChI=1S/C12H11BrClNO2/c13-8-3-4-10(9(14)6-8)15-7-11(16)12-2-1-5-17-12/h1-6,11,15-16H,7H2. The van der Waals surface area contributed by atoms with Gasteiger partial charge in [0.25, 0.3) is 0 Å². The van der Waals surface area contributed by atoms with Gasteiger partial charge in [-0.2, -0.15) is 0 Å². The van der Waals surface area contributed by atoms with Crippen molar-refractivity contribution in [2.45, 2.75) is 6.10 Å². The Labute approximate surface area is 113 Å². The number of aliphatic hydroxyl groups is 1. The Balaban J connectivity index is 1.98. The minimum atomic E-state index is -0.690. The van der Waals surface area contributed by atoms with Crippen LogP contribution in [0.5, 0.6) is 0 Å². The van der Waals surface area contributed by atoms with Crippen molar-refractivity contribution in [3.05, 3.63) is 51.9 Å². The molecule has 2 N–H and O–H groups in total. The molecule has 0 radical (unpaired) electrons. The van der Waals surface area contributed by atoms with Gasteiger partial charge in [0.2, 0.25) is 0 Å². The van der Waals surface area contributed by atoms with Gasteiger partial charge in [0.15, 0.2) is 0 Å². The van der Waals surface area contributed by atoms with Crippen molar-refractivity contribution in [1.82, 2.24) is 0 Å². The fraction of sp³-hybridized carbons (Fsp3) is 0.167. The Morgan fingerprint density at radius 2 is 2.24 bits per heavy atom. The average molecular weight is 317 g/mol. The first kappa shape index (κ1) is 12.5. The highest BCUT2D eigenvalue weighted by atomic mass is 79.9. The number of hydrogen-bond donors (Lipinski definition) is 2. The van der Waals surface area contributed by atoms with Crippen LogP contribution in [0.15, 0.2) is 45.5 Å². The first-order valence-corrected chi connectivity index (χ1v) is 6.24. The molecule has 0 spiro atoms. The highest BCUT2D eigenvalue weighted by molar-refractivity contribution is 9.10. The molecule has 0 saturated heterocycles. The number of aliphatic hydroxyl groups excluding tert-OH is 1. The highest BCUT2D eigenvalue weighted by Crippen LogP contribution is 2.26. The summed E-state index contributed by atoms with van der Waals surface area (Å²) in [5, 5.41) is 13.5. The van der Waals surface area contributed by atoms with E-state index in [1.807, 2.05) is 12.1 Å². The molecule has 1 aromatic heterocycles. The van der Waals surface area contributed by atoms with Crippen LogP contribution in [0.3, 0.4) is 0 Å². The van der Waals surface area contributed by atoms with Crippen molar-refractivity contribution in [2.24, 2.45) is 0 Å². The third-order valence-electron chi connectivity index (χ3n) is 2.29. The van der Waals surface area contributed by atoms with E-state index in [2.05, 4.69) is 21.2 Å². The van der Waals surface area contributed by atoms with Gasteiger partial charge in [-0.1, -0.05) is 27.5 Å². The minimum Gasteiger partial charge on any atom is -0.467 e. The van der Waals surface area contributed by atoms with Crippen LogP contribution in [0.4, 0.5) is 5.69 Å². The number of benzene rings is 1. The molecule has 0 fully saturated rings. The van der Waals surface area contributed by atoms with E-state index in [1.54, 1.807) is 18.2 Å². The van der Waals surface area contributed by atoms with Gasteiger partial charge >= 0.3 is 0 Å². The molecule has 0 saturated carbocycles. The lowest BCUT2D eigenvalue weighted by Crippen LogP contribution is -2.11. The largest absolute Gasteiger partial charge is 0.467 e. The highest BCUT2D eigenvalue weighted by Gasteiger charge is 2.10. The zero-order valence-corrected chi connectivity index (χ0v) is 11.2. The molecule has 1 atom stereocenters. The Morgan fingerprint density at radius 3 is 2.88 bits per heavy atom. The van der Waals surface area contributed by atoms with Crippen molar-refractivity contribution < 1.29 is 9.52 Å². The first-order valence-electron chi connectivity index (χ1n) is 5.07. The summed E-state index contributed by atoms with van der Waals surface area (Å²) < 4.78 is 6.02. The molecule has 0 aliphatic carbocycles. The summed E-state index contributed by atoms with van der Waals surface area (Å²) in [6.07, 6.45) is 0.843. The zero-order valence-electron chi connectivity index (χ0n) is 8.86. The molecule has 1 unspecified atom stereocenters. The van der Waals surface area contributed by atoms with Crippen molar-refractivity contribution in [1.29, 1.82) is 0 Å². The Bertz CT molecular complexity index is 487. The third kappa shape index (κ3) is 3.25. The molecule has 5 heteroatoms. The summed E-state index contributed by atoms with van der Waals surface area (Å²) in [6, 6.07) is 9.00. The summed E-state index contributed by atoms with van der Waals surface area (Å²) in [6.45, 7) is 0.342. The van der Waals surface area contributed by atoms with Crippen molar-refractivity contribution in [3.8, 4) is 0 Å². The summed E-state index contributed by atoms with van der Waals surface area (Å²) in [7, 11) is 0. The van der Waals surface area contributed by atoms with Crippen LogP contribution in [-0.2, 0) is 0 Å². The van der Waals surface area contributed by atoms with Crippen molar-refractivity contribution in [3.63, 3.8) is 0 Å². The number of nitrogens with one attached hydrogen (secondary N) is 1. The van der Waals surface area contributed by atoms with Crippen LogP contribution in [0.1, 0.15) is 11.9 Å². The Morgan fingerprint density at radius 1 is 1.41 bits per heavy atom. The van der Waals surface area contributed by atoms with Crippen LogP contribution in [0.2, 0.25) is 5.02 Å². The van der Waals surface area contributed by atoms with E-state index in [1.165, 1.54) is 6.26 Å². The summed E-state index contributed by atoms with van der Waals surface area (Å²) in [4.78, 5) is 0. The average Bonchev–Trinajstić information content (AvgIpc) is 2.81. The van der Waals surface area contributed by atoms with Crippen LogP contribution in [-0.4, -0.2) is 11.7 Å². The molecule has 0 aliphatic heterocycles. The molecule has 90 valence electrons. The van der Waals surface area contributed by atoms with Crippen LogP contribution < -0.4 is 5.32 Å². The summed E-state index contributed by atoms with van der Waals surface area (Å²) in [5.41, 5.74) is 0.778. The van der Waals surface area contributed by atoms with Gasteiger partial charge in [-0.3, -0.25) is 0 Å². The zero-order chi connectivity index (χ0) is 12.3. The topological polar surface area (TPSA) is 45.4 Å². The second-order valence-corrected chi connectivity index (χ2v) is 4.86. The van der Waals surface area contributed by atoms with E-state index in [9.17, 15) is 5.11 Å². The molecule has 0 aliphatic rings. The number of halogens is 2. The van der Waals surface area contributed by atoms with E-state index in [0.717, 1.165) is 10.2 Å². The van der Waals surface area contributed by atoms with E-state index in [-0.39, 0.29) is 0 Å². The molecular weight excluding hydrogens is 305 g/mol. The van der Waals surface area contributed by atoms with Crippen LogP contribution in [0.25, 0.3) is 0 Å². The lowest BCUT2D eigenvalue weighted by molar-refractivity contribution is 0.162. The number of hydrogen-bond acceptors (Lipinski definition) is 3. The maximum absolute atomic E-state index is 9.81. The van der Waals surface area contributed by atoms with Gasteiger partial charge in [0.1, 0.15) is 11.9 Å². The smallest absolute Gasteiger partial charge is 0.134 e. The molecule has 0 amide bonds. The summed E-state index contributed by atoms with van der Waals surface area (Å²) >= 11 is 9.37. The second-order valence-electron chi connectivity index (χ2n) is 3.54. The lowest BCUT2D eigenvalue weighted by atomic mass is 10.2. The number of furan rings is 1. The van der Waals surface area contributed by atoms with E-state index in [0.29, 0.717) is 17.3 Å². The van der Waals surface area contributed by atoms with Crippen molar-refractivity contribution >= 4 is 33.2 Å². The van der Waals surface area contributed by atoms with Gasteiger partial charge in [0, 0.05) is 11.0 Å². The van der Waals surface area contributed by atoms with Crippen LogP contribution in [0, 0.1) is 0 Å². The van der Waals surface area contributed by atoms with Gasteiger partial charge in [-0.15, -0.1) is 0 Å². The molecular formula is C12H11BrClNO2. The molecule has 2 rings (SSSR count). The normalized spacial score (nSPS) is 12.4. The first-order chi connectivity index (χ1) is 8.16. The maximum atomic E-state index is 9.81. The lowest BCUT2D eigenvalue weighted by Gasteiger charge is -2.12. The van der Waals surface area contributed by atoms with Crippen molar-refractivity contribution in [2.75, 3.05) is 11.9 Å². The number of anilines is 1. The predicted molar refractivity (Wildman–Crippen MR) is 71.3 cm³/mol. The van der Waals surface area contributed by atoms with Gasteiger partial charge in [0.05, 0.1) is 17.0 Å². The predicted octanol–water partition coefficient (Wildman–Crippen LogP) is 3.84. The molecule has 2 aromatic rings. The molecule has 1 heterocycles. The van der Waals surface area contributed by atoms with Gasteiger partial charge in [-0.25, -0.2) is 0 Å². The van der Waals surface area contributed by atoms with Gasteiger partial charge < -0.3 is 14.8 Å². The quantitative estimate of drug-likeness (QED) is 0.901. The fourth-order valence-corrected chi connectivity index (χ4v) is 2.16. The van der Waals surface area contributed by atoms with Gasteiger partial charge in [-0.05, 0) is 30.3 Å². The Hall–Kier alpha value is -0.970. The third-order valence-corrected chi connectivity index (χ3v) is 3.09. The monoisotopic (exact) mass is 315 g/mol. The molecule has 0 bridgehead atoms. The second kappa shape index (κ2) is 5.58. The SMILES string of the molecule is OC(CNc1ccc(Br)cc1Cl)c1ccco1. The number of rotatable bonds is 4. The molecule has 3 nitrogen and oxygen atoms in total. The minimum absolute atomic E-state index is 0.342. The van der Waals surface area contributed by atoms with E-state index in [4.69, 9.17) is 16.0 Å². The Kier molecular flexibility index (Phi) is 4.10. The van der Waals surface area contributed by atoms with E-state index < -0.39 is 6.10 Å².